The van der Waals surface area contributed by atoms with Gasteiger partial charge < -0.3 is 5.32 Å². The molecule has 0 spiro atoms. The lowest BCUT2D eigenvalue weighted by molar-refractivity contribution is 0.462. The normalized spacial score (nSPS) is 15.6. The second-order valence-corrected chi connectivity index (χ2v) is 7.78. The molecule has 1 N–H and O–H groups in total. The third-order valence-electron chi connectivity index (χ3n) is 5.15. The van der Waals surface area contributed by atoms with Gasteiger partial charge in [0.1, 0.15) is 17.2 Å². The first-order valence-electron chi connectivity index (χ1n) is 9.15. The van der Waals surface area contributed by atoms with Crippen molar-refractivity contribution in [2.75, 3.05) is 11.6 Å². The van der Waals surface area contributed by atoms with Gasteiger partial charge in [-0.25, -0.2) is 4.98 Å². The van der Waals surface area contributed by atoms with Crippen LogP contribution in [-0.4, -0.2) is 21.7 Å². The Bertz CT molecular complexity index is 861. The van der Waals surface area contributed by atoms with E-state index < -0.39 is 0 Å². The molecule has 1 aliphatic carbocycles. The first-order valence-corrected chi connectivity index (χ1v) is 10.4. The standard InChI is InChI=1S/C21H25N3S/c1-15-7-6-14-24-20(15)23-19(16-10-12-18(25-2)13-11-16)21(24)22-17-8-4-3-5-9-17/h6-7,10-14,17,22H,3-5,8-9H2,1-2H3. The van der Waals surface area contributed by atoms with E-state index in [1.807, 2.05) is 0 Å². The zero-order valence-electron chi connectivity index (χ0n) is 15.0. The van der Waals surface area contributed by atoms with E-state index in [-0.39, 0.29) is 0 Å². The summed E-state index contributed by atoms with van der Waals surface area (Å²) in [5, 5.41) is 3.82. The molecule has 0 amide bonds. The smallest absolute Gasteiger partial charge is 0.142 e. The van der Waals surface area contributed by atoms with Gasteiger partial charge in [0.25, 0.3) is 0 Å². The molecule has 0 radical (unpaired) electrons. The Morgan fingerprint density at radius 3 is 2.56 bits per heavy atom. The molecule has 4 rings (SSSR count). The van der Waals surface area contributed by atoms with E-state index in [2.05, 4.69) is 65.5 Å². The van der Waals surface area contributed by atoms with Gasteiger partial charge in [-0.15, -0.1) is 11.8 Å². The van der Waals surface area contributed by atoms with Gasteiger partial charge in [0.15, 0.2) is 0 Å². The highest BCUT2D eigenvalue weighted by molar-refractivity contribution is 7.98. The molecular weight excluding hydrogens is 326 g/mol. The maximum absolute atomic E-state index is 5.00. The Labute approximate surface area is 153 Å². The number of rotatable bonds is 4. The quantitative estimate of drug-likeness (QED) is 0.605. The number of nitrogens with zero attached hydrogens (tertiary/aromatic N) is 2. The maximum atomic E-state index is 5.00. The van der Waals surface area contributed by atoms with Crippen molar-refractivity contribution < 1.29 is 0 Å². The predicted molar refractivity (Wildman–Crippen MR) is 108 cm³/mol. The highest BCUT2D eigenvalue weighted by Gasteiger charge is 2.20. The summed E-state index contributed by atoms with van der Waals surface area (Å²) in [6, 6.07) is 13.5. The fraction of sp³-hybridized carbons (Fsp3) is 0.381. The Kier molecular flexibility index (Phi) is 4.71. The molecule has 0 saturated heterocycles. The lowest BCUT2D eigenvalue weighted by Crippen LogP contribution is -2.23. The molecule has 0 unspecified atom stereocenters. The Hall–Kier alpha value is -1.94. The first kappa shape index (κ1) is 16.5. The van der Waals surface area contributed by atoms with Crippen LogP contribution in [0.3, 0.4) is 0 Å². The number of pyridine rings is 1. The van der Waals surface area contributed by atoms with Crippen molar-refractivity contribution in [3.8, 4) is 11.3 Å². The van der Waals surface area contributed by atoms with Gasteiger partial charge in [-0.2, -0.15) is 0 Å². The minimum absolute atomic E-state index is 0.554. The second kappa shape index (κ2) is 7.12. The van der Waals surface area contributed by atoms with Crippen molar-refractivity contribution in [1.82, 2.24) is 9.38 Å². The Morgan fingerprint density at radius 2 is 1.84 bits per heavy atom. The van der Waals surface area contributed by atoms with E-state index in [4.69, 9.17) is 4.98 Å². The summed E-state index contributed by atoms with van der Waals surface area (Å²) in [7, 11) is 0. The monoisotopic (exact) mass is 351 g/mol. The minimum atomic E-state index is 0.554. The fourth-order valence-electron chi connectivity index (χ4n) is 3.73. The number of aryl methyl sites for hydroxylation is 1. The number of nitrogens with one attached hydrogen (secondary N) is 1. The maximum Gasteiger partial charge on any atom is 0.142 e. The number of anilines is 1. The second-order valence-electron chi connectivity index (χ2n) is 6.90. The SMILES string of the molecule is CSc1ccc(-c2nc3c(C)cccn3c2NC2CCCCC2)cc1. The molecule has 0 bridgehead atoms. The van der Waals surface area contributed by atoms with Crippen LogP contribution in [0.25, 0.3) is 16.9 Å². The molecule has 3 nitrogen and oxygen atoms in total. The Morgan fingerprint density at radius 1 is 1.08 bits per heavy atom. The van der Waals surface area contributed by atoms with Crippen LogP contribution >= 0.6 is 11.8 Å². The molecule has 3 aromatic rings. The number of hydrogen-bond donors (Lipinski definition) is 1. The molecule has 0 aliphatic heterocycles. The van der Waals surface area contributed by atoms with E-state index in [0.717, 1.165) is 17.2 Å². The van der Waals surface area contributed by atoms with Gasteiger partial charge >= 0.3 is 0 Å². The molecule has 0 atom stereocenters. The van der Waals surface area contributed by atoms with Gasteiger partial charge in [-0.05, 0) is 49.8 Å². The lowest BCUT2D eigenvalue weighted by Gasteiger charge is -2.24. The van der Waals surface area contributed by atoms with Crippen molar-refractivity contribution in [2.45, 2.75) is 50.0 Å². The summed E-state index contributed by atoms with van der Waals surface area (Å²) >= 11 is 1.77. The summed E-state index contributed by atoms with van der Waals surface area (Å²) in [6.07, 6.45) is 10.8. The van der Waals surface area contributed by atoms with Gasteiger partial charge in [-0.3, -0.25) is 4.40 Å². The zero-order valence-corrected chi connectivity index (χ0v) is 15.8. The third-order valence-corrected chi connectivity index (χ3v) is 5.90. The van der Waals surface area contributed by atoms with Crippen molar-refractivity contribution in [3.63, 3.8) is 0 Å². The number of imidazole rings is 1. The van der Waals surface area contributed by atoms with Crippen LogP contribution in [-0.2, 0) is 0 Å². The highest BCUT2D eigenvalue weighted by atomic mass is 32.2. The number of benzene rings is 1. The number of aromatic nitrogens is 2. The molecule has 1 aromatic carbocycles. The summed E-state index contributed by atoms with van der Waals surface area (Å²) < 4.78 is 2.22. The third kappa shape index (κ3) is 3.28. The van der Waals surface area contributed by atoms with E-state index in [9.17, 15) is 0 Å². The topological polar surface area (TPSA) is 29.3 Å². The lowest BCUT2D eigenvalue weighted by atomic mass is 9.95. The van der Waals surface area contributed by atoms with E-state index in [1.54, 1.807) is 11.8 Å². The van der Waals surface area contributed by atoms with E-state index in [1.165, 1.54) is 48.1 Å². The average Bonchev–Trinajstić information content (AvgIpc) is 3.03. The average molecular weight is 352 g/mol. The van der Waals surface area contributed by atoms with Crippen LogP contribution in [0.4, 0.5) is 5.82 Å². The molecule has 4 heteroatoms. The van der Waals surface area contributed by atoms with Crippen LogP contribution in [0, 0.1) is 6.92 Å². The fourth-order valence-corrected chi connectivity index (χ4v) is 4.14. The molecule has 1 fully saturated rings. The zero-order chi connectivity index (χ0) is 17.2. The molecule has 1 saturated carbocycles. The molecule has 130 valence electrons. The largest absolute Gasteiger partial charge is 0.367 e. The van der Waals surface area contributed by atoms with Crippen LogP contribution in [0.15, 0.2) is 47.5 Å². The highest BCUT2D eigenvalue weighted by Crippen LogP contribution is 2.33. The number of fused-ring (bicyclic) bond motifs is 1. The van der Waals surface area contributed by atoms with Crippen LogP contribution in [0.2, 0.25) is 0 Å². The first-order chi connectivity index (χ1) is 12.3. The summed E-state index contributed by atoms with van der Waals surface area (Å²) in [6.45, 7) is 2.13. The van der Waals surface area contributed by atoms with Crippen molar-refractivity contribution in [1.29, 1.82) is 0 Å². The summed E-state index contributed by atoms with van der Waals surface area (Å²) in [5.74, 6) is 1.14. The van der Waals surface area contributed by atoms with Gasteiger partial charge in [0.2, 0.25) is 0 Å². The Balaban J connectivity index is 1.80. The van der Waals surface area contributed by atoms with Gasteiger partial charge in [0, 0.05) is 22.7 Å². The minimum Gasteiger partial charge on any atom is -0.367 e. The van der Waals surface area contributed by atoms with Gasteiger partial charge in [0.05, 0.1) is 0 Å². The van der Waals surface area contributed by atoms with E-state index >= 15 is 0 Å². The van der Waals surface area contributed by atoms with Crippen molar-refractivity contribution >= 4 is 23.2 Å². The molecule has 2 heterocycles. The number of hydrogen-bond acceptors (Lipinski definition) is 3. The summed E-state index contributed by atoms with van der Waals surface area (Å²) in [4.78, 5) is 6.28. The van der Waals surface area contributed by atoms with Crippen LogP contribution in [0.1, 0.15) is 37.7 Å². The van der Waals surface area contributed by atoms with E-state index in [0.29, 0.717) is 6.04 Å². The molecular formula is C21H25N3S. The van der Waals surface area contributed by atoms with Crippen LogP contribution < -0.4 is 5.32 Å². The van der Waals surface area contributed by atoms with Crippen molar-refractivity contribution in [2.24, 2.45) is 0 Å². The predicted octanol–water partition coefficient (Wildman–Crippen LogP) is 5.78. The van der Waals surface area contributed by atoms with Gasteiger partial charge in [-0.1, -0.05) is 37.5 Å². The summed E-state index contributed by atoms with van der Waals surface area (Å²) in [5.41, 5.74) is 4.50. The van der Waals surface area contributed by atoms with Crippen LogP contribution in [0.5, 0.6) is 0 Å². The van der Waals surface area contributed by atoms with Crippen molar-refractivity contribution in [3.05, 3.63) is 48.2 Å². The molecule has 25 heavy (non-hydrogen) atoms. The number of thioether (sulfide) groups is 1. The molecule has 2 aromatic heterocycles. The molecule has 1 aliphatic rings.